The van der Waals surface area contributed by atoms with Crippen LogP contribution in [0.4, 0.5) is 4.79 Å². The van der Waals surface area contributed by atoms with Gasteiger partial charge in [-0.1, -0.05) is 37.3 Å². The molecule has 0 spiro atoms. The summed E-state index contributed by atoms with van der Waals surface area (Å²) in [7, 11) is 0. The van der Waals surface area contributed by atoms with Gasteiger partial charge in [-0.2, -0.15) is 5.10 Å². The highest BCUT2D eigenvalue weighted by molar-refractivity contribution is 5.74. The van der Waals surface area contributed by atoms with Crippen LogP contribution in [-0.4, -0.2) is 34.0 Å². The van der Waals surface area contributed by atoms with Crippen molar-refractivity contribution in [3.8, 4) is 0 Å². The molecule has 2 aromatic rings. The number of aliphatic hydroxyl groups excluding tert-OH is 1. The van der Waals surface area contributed by atoms with Crippen molar-refractivity contribution in [2.45, 2.75) is 39.3 Å². The van der Waals surface area contributed by atoms with E-state index in [1.165, 1.54) is 0 Å². The number of nitrogens with zero attached hydrogens (tertiary/aromatic N) is 1. The average Bonchev–Trinajstić information content (AvgIpc) is 2.63. The highest BCUT2D eigenvalue weighted by atomic mass is 16.3. The fourth-order valence-corrected chi connectivity index (χ4v) is 2.59. The number of aromatic amines is 1. The van der Waals surface area contributed by atoms with Crippen LogP contribution in [0.15, 0.2) is 35.1 Å². The van der Waals surface area contributed by atoms with Crippen LogP contribution in [0.1, 0.15) is 35.2 Å². The first-order valence-corrected chi connectivity index (χ1v) is 8.19. The number of aryl methyl sites for hydroxylation is 1. The zero-order chi connectivity index (χ0) is 18.4. The first kappa shape index (κ1) is 18.7. The molecule has 0 fully saturated rings. The molecule has 7 heteroatoms. The van der Waals surface area contributed by atoms with Gasteiger partial charge in [0.15, 0.2) is 0 Å². The summed E-state index contributed by atoms with van der Waals surface area (Å²) in [6, 6.07) is 8.80. The van der Waals surface area contributed by atoms with E-state index in [-0.39, 0.29) is 24.6 Å². The average molecular weight is 344 g/mol. The summed E-state index contributed by atoms with van der Waals surface area (Å²) in [5.41, 5.74) is 2.64. The molecule has 4 N–H and O–H groups in total. The minimum Gasteiger partial charge on any atom is -0.394 e. The topological polar surface area (TPSA) is 107 Å². The second-order valence-electron chi connectivity index (χ2n) is 6.06. The third kappa shape index (κ3) is 4.67. The van der Waals surface area contributed by atoms with Crippen molar-refractivity contribution in [1.82, 2.24) is 20.8 Å². The number of nitrogens with one attached hydrogen (secondary N) is 3. The molecule has 1 heterocycles. The van der Waals surface area contributed by atoms with Crippen molar-refractivity contribution in [2.75, 3.05) is 6.61 Å². The SMILES string of the molecule is Cc1n[nH]c(=O)c(CNC(=O)NC(CO)C(C)c2ccccc2)c1C. The smallest absolute Gasteiger partial charge is 0.315 e. The zero-order valence-electron chi connectivity index (χ0n) is 14.7. The summed E-state index contributed by atoms with van der Waals surface area (Å²) < 4.78 is 0. The molecule has 7 nitrogen and oxygen atoms in total. The Labute approximate surface area is 146 Å². The molecule has 0 aliphatic heterocycles. The van der Waals surface area contributed by atoms with Crippen LogP contribution in [0.2, 0.25) is 0 Å². The normalized spacial score (nSPS) is 13.1. The fraction of sp³-hybridized carbons (Fsp3) is 0.389. The van der Waals surface area contributed by atoms with Gasteiger partial charge in [-0.25, -0.2) is 9.89 Å². The molecule has 2 unspecified atom stereocenters. The number of H-pyrrole nitrogens is 1. The summed E-state index contributed by atoms with van der Waals surface area (Å²) in [5.74, 6) is -0.0507. The van der Waals surface area contributed by atoms with Gasteiger partial charge in [0.05, 0.1) is 24.9 Å². The van der Waals surface area contributed by atoms with Crippen molar-refractivity contribution < 1.29 is 9.90 Å². The van der Waals surface area contributed by atoms with Crippen molar-refractivity contribution in [1.29, 1.82) is 0 Å². The first-order valence-electron chi connectivity index (χ1n) is 8.19. The number of urea groups is 1. The van der Waals surface area contributed by atoms with Gasteiger partial charge in [0.25, 0.3) is 5.56 Å². The van der Waals surface area contributed by atoms with Crippen LogP contribution in [0.25, 0.3) is 0 Å². The number of carbonyl (C=O) groups is 1. The van der Waals surface area contributed by atoms with Gasteiger partial charge < -0.3 is 15.7 Å². The Kier molecular flexibility index (Phi) is 6.30. The van der Waals surface area contributed by atoms with Gasteiger partial charge in [-0.3, -0.25) is 4.79 Å². The van der Waals surface area contributed by atoms with Crippen molar-refractivity contribution in [2.24, 2.45) is 0 Å². The van der Waals surface area contributed by atoms with E-state index < -0.39 is 12.1 Å². The minimum atomic E-state index is -0.435. The molecule has 0 saturated heterocycles. The quantitative estimate of drug-likeness (QED) is 0.634. The molecule has 0 aliphatic rings. The van der Waals surface area contributed by atoms with Crippen LogP contribution in [0.3, 0.4) is 0 Å². The van der Waals surface area contributed by atoms with E-state index in [0.29, 0.717) is 11.3 Å². The Morgan fingerprint density at radius 2 is 1.96 bits per heavy atom. The van der Waals surface area contributed by atoms with Crippen molar-refractivity contribution in [3.63, 3.8) is 0 Å². The van der Waals surface area contributed by atoms with Crippen LogP contribution in [0.5, 0.6) is 0 Å². The lowest BCUT2D eigenvalue weighted by Crippen LogP contribution is -2.46. The second kappa shape index (κ2) is 8.43. The summed E-state index contributed by atoms with van der Waals surface area (Å²) in [6.07, 6.45) is 0. The predicted molar refractivity (Wildman–Crippen MR) is 95.4 cm³/mol. The molecule has 2 rings (SSSR count). The van der Waals surface area contributed by atoms with E-state index in [0.717, 1.165) is 11.1 Å². The highest BCUT2D eigenvalue weighted by Crippen LogP contribution is 2.18. The number of aliphatic hydroxyl groups is 1. The Bertz CT molecular complexity index is 774. The standard InChI is InChI=1S/C18H24N4O3/c1-11-13(3)21-22-17(24)15(11)9-19-18(25)20-16(10-23)12(2)14-7-5-4-6-8-14/h4-8,12,16,23H,9-10H2,1-3H3,(H,22,24)(H2,19,20,25). The van der Waals surface area contributed by atoms with Crippen molar-refractivity contribution in [3.05, 3.63) is 63.1 Å². The third-order valence-corrected chi connectivity index (χ3v) is 4.46. The van der Waals surface area contributed by atoms with Crippen LogP contribution in [-0.2, 0) is 6.54 Å². The summed E-state index contributed by atoms with van der Waals surface area (Å²) in [4.78, 5) is 24.0. The summed E-state index contributed by atoms with van der Waals surface area (Å²) in [5, 5.41) is 21.3. The van der Waals surface area contributed by atoms with E-state index >= 15 is 0 Å². The van der Waals surface area contributed by atoms with Gasteiger partial charge in [0.2, 0.25) is 0 Å². The number of rotatable bonds is 6. The number of amides is 2. The van der Waals surface area contributed by atoms with Crippen LogP contribution < -0.4 is 16.2 Å². The van der Waals surface area contributed by atoms with Gasteiger partial charge >= 0.3 is 6.03 Å². The maximum absolute atomic E-state index is 12.2. The molecule has 0 saturated carbocycles. The lowest BCUT2D eigenvalue weighted by molar-refractivity contribution is 0.207. The predicted octanol–water partition coefficient (Wildman–Crippen LogP) is 1.35. The van der Waals surface area contributed by atoms with E-state index in [1.807, 2.05) is 37.3 Å². The van der Waals surface area contributed by atoms with E-state index in [2.05, 4.69) is 20.8 Å². The molecule has 2 amide bonds. The van der Waals surface area contributed by atoms with Gasteiger partial charge in [0.1, 0.15) is 0 Å². The number of hydrogen-bond donors (Lipinski definition) is 4. The Morgan fingerprint density at radius 1 is 1.28 bits per heavy atom. The van der Waals surface area contributed by atoms with E-state index in [4.69, 9.17) is 0 Å². The Balaban J connectivity index is 1.99. The monoisotopic (exact) mass is 344 g/mol. The van der Waals surface area contributed by atoms with Crippen LogP contribution in [0, 0.1) is 13.8 Å². The van der Waals surface area contributed by atoms with Crippen LogP contribution >= 0.6 is 0 Å². The lowest BCUT2D eigenvalue weighted by atomic mass is 9.94. The molecule has 134 valence electrons. The number of benzene rings is 1. The lowest BCUT2D eigenvalue weighted by Gasteiger charge is -2.24. The van der Waals surface area contributed by atoms with Gasteiger partial charge in [0, 0.05) is 11.5 Å². The molecule has 1 aromatic heterocycles. The Hall–Kier alpha value is -2.67. The maximum Gasteiger partial charge on any atom is 0.315 e. The molecular formula is C18H24N4O3. The minimum absolute atomic E-state index is 0.0507. The number of aromatic nitrogens is 2. The molecule has 25 heavy (non-hydrogen) atoms. The van der Waals surface area contributed by atoms with Gasteiger partial charge in [-0.15, -0.1) is 0 Å². The molecule has 2 atom stereocenters. The molecule has 0 radical (unpaired) electrons. The second-order valence-corrected chi connectivity index (χ2v) is 6.06. The summed E-state index contributed by atoms with van der Waals surface area (Å²) in [6.45, 7) is 5.43. The molecular weight excluding hydrogens is 320 g/mol. The molecule has 0 bridgehead atoms. The molecule has 0 aliphatic carbocycles. The Morgan fingerprint density at radius 3 is 2.60 bits per heavy atom. The van der Waals surface area contributed by atoms with Crippen molar-refractivity contribution >= 4 is 6.03 Å². The summed E-state index contributed by atoms with van der Waals surface area (Å²) >= 11 is 0. The zero-order valence-corrected chi connectivity index (χ0v) is 14.7. The van der Waals surface area contributed by atoms with Gasteiger partial charge in [-0.05, 0) is 25.0 Å². The largest absolute Gasteiger partial charge is 0.394 e. The maximum atomic E-state index is 12.2. The number of carbonyl (C=O) groups excluding carboxylic acids is 1. The molecule has 1 aromatic carbocycles. The van der Waals surface area contributed by atoms with E-state index in [9.17, 15) is 14.7 Å². The highest BCUT2D eigenvalue weighted by Gasteiger charge is 2.20. The fourth-order valence-electron chi connectivity index (χ4n) is 2.59. The number of hydrogen-bond acceptors (Lipinski definition) is 4. The van der Waals surface area contributed by atoms with E-state index in [1.54, 1.807) is 13.8 Å². The third-order valence-electron chi connectivity index (χ3n) is 4.46. The first-order chi connectivity index (χ1) is 11.9.